The van der Waals surface area contributed by atoms with Gasteiger partial charge in [-0.1, -0.05) is 57.9 Å². The van der Waals surface area contributed by atoms with Gasteiger partial charge in [0.05, 0.1) is 5.69 Å². The van der Waals surface area contributed by atoms with Crippen LogP contribution in [0.1, 0.15) is 5.56 Å². The highest BCUT2D eigenvalue weighted by atomic mass is 79.9. The van der Waals surface area contributed by atoms with Crippen molar-refractivity contribution in [2.24, 2.45) is 5.10 Å². The molecule has 0 radical (unpaired) electrons. The molecule has 0 atom stereocenters. The lowest BCUT2D eigenvalue weighted by molar-refractivity contribution is 1.34. The van der Waals surface area contributed by atoms with Gasteiger partial charge in [-0.15, -0.1) is 0 Å². The molecule has 0 fully saturated rings. The molecule has 86 valence electrons. The normalized spacial score (nSPS) is 11.3. The second-order valence-corrected chi connectivity index (χ2v) is 4.66. The summed E-state index contributed by atoms with van der Waals surface area (Å²) in [7, 11) is 0. The van der Waals surface area contributed by atoms with Crippen LogP contribution in [0, 0.1) is 0 Å². The Morgan fingerprint density at radius 2 is 1.65 bits per heavy atom. The monoisotopic (exact) mass is 308 g/mol. The zero-order chi connectivity index (χ0) is 12.1. The second-order valence-electron chi connectivity index (χ2n) is 3.39. The number of anilines is 1. The summed E-state index contributed by atoms with van der Waals surface area (Å²) in [6, 6.07) is 17.3. The van der Waals surface area contributed by atoms with Crippen LogP contribution in [0.3, 0.4) is 0 Å². The second kappa shape index (κ2) is 5.84. The molecule has 2 aromatic rings. The van der Waals surface area contributed by atoms with E-state index in [2.05, 4.69) is 26.5 Å². The Balaban J connectivity index is 2.10. The van der Waals surface area contributed by atoms with Crippen molar-refractivity contribution in [3.63, 3.8) is 0 Å². The Bertz CT molecular complexity index is 509. The summed E-state index contributed by atoms with van der Waals surface area (Å²) < 4.78 is 1.02. The van der Waals surface area contributed by atoms with Crippen LogP contribution in [0.2, 0.25) is 0 Å². The minimum Gasteiger partial charge on any atom is -0.277 e. The van der Waals surface area contributed by atoms with Gasteiger partial charge in [0, 0.05) is 10.0 Å². The molecule has 0 saturated heterocycles. The molecule has 0 spiro atoms. The molecule has 1 N–H and O–H groups in total. The van der Waals surface area contributed by atoms with Crippen molar-refractivity contribution in [2.45, 2.75) is 0 Å². The maximum atomic E-state index is 6.08. The quantitative estimate of drug-likeness (QED) is 0.657. The minimum absolute atomic E-state index is 0.432. The van der Waals surface area contributed by atoms with Gasteiger partial charge in [-0.25, -0.2) is 0 Å². The number of nitrogens with one attached hydrogen (secondary N) is 1. The van der Waals surface area contributed by atoms with Gasteiger partial charge in [0.25, 0.3) is 0 Å². The van der Waals surface area contributed by atoms with Crippen molar-refractivity contribution in [1.82, 2.24) is 0 Å². The van der Waals surface area contributed by atoms with Crippen LogP contribution >= 0.6 is 27.5 Å². The Morgan fingerprint density at radius 1 is 1.00 bits per heavy atom. The lowest BCUT2D eigenvalue weighted by Gasteiger charge is -2.01. The number of hydrazone groups is 1. The maximum Gasteiger partial charge on any atom is 0.156 e. The summed E-state index contributed by atoms with van der Waals surface area (Å²) in [5.41, 5.74) is 4.68. The van der Waals surface area contributed by atoms with Crippen LogP contribution < -0.4 is 5.43 Å². The fourth-order valence-electron chi connectivity index (χ4n) is 1.28. The van der Waals surface area contributed by atoms with E-state index in [-0.39, 0.29) is 0 Å². The average Bonchev–Trinajstić information content (AvgIpc) is 2.38. The van der Waals surface area contributed by atoms with E-state index < -0.39 is 0 Å². The molecule has 4 heteroatoms. The van der Waals surface area contributed by atoms with Crippen molar-refractivity contribution >= 4 is 38.4 Å². The summed E-state index contributed by atoms with van der Waals surface area (Å²) >= 11 is 9.45. The molecular weight excluding hydrogens is 300 g/mol. The first-order chi connectivity index (χ1) is 8.25. The third-order valence-electron chi connectivity index (χ3n) is 2.14. The fraction of sp³-hybridized carbons (Fsp3) is 0. The van der Waals surface area contributed by atoms with Gasteiger partial charge in [-0.3, -0.25) is 5.43 Å². The van der Waals surface area contributed by atoms with Crippen molar-refractivity contribution in [2.75, 3.05) is 5.43 Å². The van der Waals surface area contributed by atoms with Crippen LogP contribution in [0.15, 0.2) is 64.2 Å². The Labute approximate surface area is 113 Å². The predicted molar refractivity (Wildman–Crippen MR) is 76.6 cm³/mol. The Hall–Kier alpha value is -1.32. The van der Waals surface area contributed by atoms with Crippen LogP contribution in [0.25, 0.3) is 0 Å². The lowest BCUT2D eigenvalue weighted by atomic mass is 10.2. The molecule has 0 bridgehead atoms. The van der Waals surface area contributed by atoms with E-state index in [1.165, 1.54) is 0 Å². The van der Waals surface area contributed by atoms with Crippen molar-refractivity contribution in [3.05, 3.63) is 64.6 Å². The first-order valence-electron chi connectivity index (χ1n) is 5.06. The van der Waals surface area contributed by atoms with Gasteiger partial charge in [-0.2, -0.15) is 5.10 Å². The number of para-hydroxylation sites is 1. The van der Waals surface area contributed by atoms with Crippen LogP contribution in [0.4, 0.5) is 5.69 Å². The summed E-state index contributed by atoms with van der Waals surface area (Å²) in [4.78, 5) is 0. The van der Waals surface area contributed by atoms with E-state index in [0.29, 0.717) is 5.17 Å². The third-order valence-corrected chi connectivity index (χ3v) is 2.97. The topological polar surface area (TPSA) is 24.4 Å². The number of hydrogen-bond donors (Lipinski definition) is 1. The number of rotatable bonds is 3. The molecule has 2 rings (SSSR count). The number of nitrogens with zero attached hydrogens (tertiary/aromatic N) is 1. The van der Waals surface area contributed by atoms with E-state index in [4.69, 9.17) is 11.6 Å². The fourth-order valence-corrected chi connectivity index (χ4v) is 1.71. The molecule has 0 aliphatic rings. The molecule has 2 aromatic carbocycles. The van der Waals surface area contributed by atoms with Crippen LogP contribution in [-0.4, -0.2) is 5.17 Å². The van der Waals surface area contributed by atoms with Gasteiger partial charge in [0.15, 0.2) is 5.17 Å². The molecule has 0 heterocycles. The van der Waals surface area contributed by atoms with Gasteiger partial charge < -0.3 is 0 Å². The first-order valence-corrected chi connectivity index (χ1v) is 6.23. The lowest BCUT2D eigenvalue weighted by Crippen LogP contribution is -1.96. The summed E-state index contributed by atoms with van der Waals surface area (Å²) in [6.45, 7) is 0. The number of halogens is 2. The summed E-state index contributed by atoms with van der Waals surface area (Å²) in [6.07, 6.45) is 0. The standard InChI is InChI=1S/C13H10BrClN2/c14-11-8-6-10(7-9-11)13(15)17-16-12-4-2-1-3-5-12/h1-9,16H/b17-13+. The van der Waals surface area contributed by atoms with E-state index in [9.17, 15) is 0 Å². The minimum atomic E-state index is 0.432. The molecular formula is C13H10BrClN2. The molecule has 2 nitrogen and oxygen atoms in total. The number of benzene rings is 2. The van der Waals surface area contributed by atoms with Crippen molar-refractivity contribution < 1.29 is 0 Å². The average molecular weight is 310 g/mol. The molecule has 0 aliphatic heterocycles. The Morgan fingerprint density at radius 3 is 2.29 bits per heavy atom. The molecule has 17 heavy (non-hydrogen) atoms. The number of hydrogen-bond acceptors (Lipinski definition) is 2. The smallest absolute Gasteiger partial charge is 0.156 e. The zero-order valence-electron chi connectivity index (χ0n) is 8.90. The van der Waals surface area contributed by atoms with E-state index in [1.54, 1.807) is 0 Å². The van der Waals surface area contributed by atoms with Gasteiger partial charge in [0.2, 0.25) is 0 Å². The maximum absolute atomic E-state index is 6.08. The molecule has 0 amide bonds. The highest BCUT2D eigenvalue weighted by Crippen LogP contribution is 2.13. The SMILES string of the molecule is Cl/C(=N/Nc1ccccc1)c1ccc(Br)cc1. The van der Waals surface area contributed by atoms with E-state index in [1.807, 2.05) is 54.6 Å². The highest BCUT2D eigenvalue weighted by Gasteiger charge is 1.99. The molecule has 0 unspecified atom stereocenters. The summed E-state index contributed by atoms with van der Waals surface area (Å²) in [5.74, 6) is 0. The summed E-state index contributed by atoms with van der Waals surface area (Å²) in [5, 5.41) is 4.54. The van der Waals surface area contributed by atoms with Crippen LogP contribution in [-0.2, 0) is 0 Å². The van der Waals surface area contributed by atoms with E-state index in [0.717, 1.165) is 15.7 Å². The molecule has 0 aliphatic carbocycles. The zero-order valence-corrected chi connectivity index (χ0v) is 11.2. The molecule has 0 saturated carbocycles. The van der Waals surface area contributed by atoms with Gasteiger partial charge in [-0.05, 0) is 24.3 Å². The van der Waals surface area contributed by atoms with Crippen molar-refractivity contribution in [1.29, 1.82) is 0 Å². The van der Waals surface area contributed by atoms with Crippen molar-refractivity contribution in [3.8, 4) is 0 Å². The molecule has 0 aromatic heterocycles. The Kier molecular flexibility index (Phi) is 4.18. The largest absolute Gasteiger partial charge is 0.277 e. The van der Waals surface area contributed by atoms with Gasteiger partial charge >= 0.3 is 0 Å². The predicted octanol–water partition coefficient (Wildman–Crippen LogP) is 4.46. The van der Waals surface area contributed by atoms with Gasteiger partial charge in [0.1, 0.15) is 0 Å². The third kappa shape index (κ3) is 3.58. The van der Waals surface area contributed by atoms with E-state index >= 15 is 0 Å². The van der Waals surface area contributed by atoms with Crippen LogP contribution in [0.5, 0.6) is 0 Å². The first kappa shape index (κ1) is 12.1. The highest BCUT2D eigenvalue weighted by molar-refractivity contribution is 9.10.